The Labute approximate surface area is 109 Å². The normalized spacial score (nSPS) is 16.7. The number of rotatable bonds is 5. The van der Waals surface area contributed by atoms with Crippen LogP contribution in [0.25, 0.3) is 0 Å². The molecule has 2 rings (SSSR count). The molecule has 0 radical (unpaired) electrons. The molecule has 0 amide bonds. The lowest BCUT2D eigenvalue weighted by Crippen LogP contribution is -2.24. The quantitative estimate of drug-likeness (QED) is 0.766. The summed E-state index contributed by atoms with van der Waals surface area (Å²) in [5.74, 6) is -0.0954. The topological polar surface area (TPSA) is 12.0 Å². The summed E-state index contributed by atoms with van der Waals surface area (Å²) in [5.41, 5.74) is 3.28. The van der Waals surface area contributed by atoms with E-state index in [9.17, 15) is 4.39 Å². The van der Waals surface area contributed by atoms with Gasteiger partial charge in [-0.2, -0.15) is 0 Å². The zero-order chi connectivity index (χ0) is 13.0. The van der Waals surface area contributed by atoms with Crippen LogP contribution in [0.2, 0.25) is 0 Å². The van der Waals surface area contributed by atoms with E-state index in [0.29, 0.717) is 0 Å². The van der Waals surface area contributed by atoms with Gasteiger partial charge in [-0.25, -0.2) is 4.39 Å². The summed E-state index contributed by atoms with van der Waals surface area (Å²) in [7, 11) is 0. The number of benzene rings is 1. The van der Waals surface area contributed by atoms with E-state index in [1.54, 1.807) is 6.07 Å². The third-order valence-corrected chi connectivity index (χ3v) is 3.51. The average Bonchev–Trinajstić information content (AvgIpc) is 2.88. The van der Waals surface area contributed by atoms with Crippen molar-refractivity contribution in [2.45, 2.75) is 45.6 Å². The van der Waals surface area contributed by atoms with Gasteiger partial charge in [-0.1, -0.05) is 36.3 Å². The molecule has 0 aromatic heterocycles. The van der Waals surface area contributed by atoms with Gasteiger partial charge in [0.1, 0.15) is 5.82 Å². The second-order valence-corrected chi connectivity index (χ2v) is 5.08. The van der Waals surface area contributed by atoms with Gasteiger partial charge in [0.05, 0.1) is 6.04 Å². The molecule has 0 heterocycles. The number of aryl methyl sites for hydroxylation is 1. The van der Waals surface area contributed by atoms with Crippen LogP contribution in [0.15, 0.2) is 29.8 Å². The van der Waals surface area contributed by atoms with Crippen molar-refractivity contribution in [2.24, 2.45) is 0 Å². The van der Waals surface area contributed by atoms with E-state index in [1.165, 1.54) is 12.0 Å². The van der Waals surface area contributed by atoms with E-state index < -0.39 is 0 Å². The van der Waals surface area contributed by atoms with E-state index in [2.05, 4.69) is 18.3 Å². The molecule has 0 saturated carbocycles. The Morgan fingerprint density at radius 1 is 1.39 bits per heavy atom. The average molecular weight is 247 g/mol. The molecule has 1 aliphatic carbocycles. The van der Waals surface area contributed by atoms with Gasteiger partial charge < -0.3 is 5.32 Å². The molecule has 1 nitrogen and oxygen atoms in total. The molecule has 0 fully saturated rings. The van der Waals surface area contributed by atoms with Crippen LogP contribution in [-0.2, 0) is 0 Å². The molecular weight excluding hydrogens is 225 g/mol. The third kappa shape index (κ3) is 2.99. The van der Waals surface area contributed by atoms with Crippen molar-refractivity contribution >= 4 is 0 Å². The molecule has 0 aliphatic heterocycles. The van der Waals surface area contributed by atoms with Crippen LogP contribution in [0, 0.1) is 12.7 Å². The predicted octanol–water partition coefficient (Wildman–Crippen LogP) is 4.29. The monoisotopic (exact) mass is 247 g/mol. The lowest BCUT2D eigenvalue weighted by molar-refractivity contribution is 0.534. The second kappa shape index (κ2) is 6.14. The standard InChI is InChI=1S/C16H22FN/c1-3-10-18-16(13-6-4-5-7-13)14-11-12(2)8-9-15(14)17/h6,8-9,11,16,18H,3-5,7,10H2,1-2H3. The van der Waals surface area contributed by atoms with Gasteiger partial charge in [0.15, 0.2) is 0 Å². The summed E-state index contributed by atoms with van der Waals surface area (Å²) < 4.78 is 14.0. The van der Waals surface area contributed by atoms with Crippen LogP contribution in [0.3, 0.4) is 0 Å². The molecular formula is C16H22FN. The summed E-state index contributed by atoms with van der Waals surface area (Å²) >= 11 is 0. The largest absolute Gasteiger partial charge is 0.306 e. The van der Waals surface area contributed by atoms with E-state index in [4.69, 9.17) is 0 Å². The van der Waals surface area contributed by atoms with Crippen molar-refractivity contribution in [3.63, 3.8) is 0 Å². The first-order chi connectivity index (χ1) is 8.72. The molecule has 0 saturated heterocycles. The van der Waals surface area contributed by atoms with Crippen LogP contribution in [0.1, 0.15) is 49.8 Å². The maximum absolute atomic E-state index is 14.0. The third-order valence-electron chi connectivity index (χ3n) is 3.51. The number of halogens is 1. The summed E-state index contributed by atoms with van der Waals surface area (Å²) in [6.07, 6.45) is 6.77. The Morgan fingerprint density at radius 3 is 2.89 bits per heavy atom. The molecule has 2 heteroatoms. The number of nitrogens with one attached hydrogen (secondary N) is 1. The van der Waals surface area contributed by atoms with Gasteiger partial charge in [0.2, 0.25) is 0 Å². The Kier molecular flexibility index (Phi) is 4.54. The Hall–Kier alpha value is -1.15. The first kappa shape index (κ1) is 13.3. The lowest BCUT2D eigenvalue weighted by Gasteiger charge is -2.21. The Bertz CT molecular complexity index is 437. The van der Waals surface area contributed by atoms with Gasteiger partial charge in [-0.05, 0) is 45.2 Å². The number of hydrogen-bond donors (Lipinski definition) is 1. The zero-order valence-electron chi connectivity index (χ0n) is 11.3. The molecule has 18 heavy (non-hydrogen) atoms. The highest BCUT2D eigenvalue weighted by Crippen LogP contribution is 2.32. The van der Waals surface area contributed by atoms with E-state index in [-0.39, 0.29) is 11.9 Å². The summed E-state index contributed by atoms with van der Waals surface area (Å²) in [6.45, 7) is 5.08. The zero-order valence-corrected chi connectivity index (χ0v) is 11.3. The maximum atomic E-state index is 14.0. The van der Waals surface area contributed by atoms with Gasteiger partial charge in [-0.15, -0.1) is 0 Å². The molecule has 1 aliphatic rings. The van der Waals surface area contributed by atoms with E-state index >= 15 is 0 Å². The van der Waals surface area contributed by atoms with Crippen molar-refractivity contribution in [1.82, 2.24) is 5.32 Å². The van der Waals surface area contributed by atoms with Crippen LogP contribution in [0.4, 0.5) is 4.39 Å². The molecule has 1 unspecified atom stereocenters. The fourth-order valence-corrected chi connectivity index (χ4v) is 2.57. The molecule has 1 aromatic carbocycles. The second-order valence-electron chi connectivity index (χ2n) is 5.08. The highest BCUT2D eigenvalue weighted by Gasteiger charge is 2.21. The molecule has 1 N–H and O–H groups in total. The minimum atomic E-state index is -0.0954. The van der Waals surface area contributed by atoms with Crippen molar-refractivity contribution in [3.8, 4) is 0 Å². The van der Waals surface area contributed by atoms with Crippen LogP contribution < -0.4 is 5.32 Å². The van der Waals surface area contributed by atoms with Gasteiger partial charge >= 0.3 is 0 Å². The first-order valence-electron chi connectivity index (χ1n) is 6.90. The summed E-state index contributed by atoms with van der Waals surface area (Å²) in [6, 6.07) is 5.45. The fraction of sp³-hybridized carbons (Fsp3) is 0.500. The molecule has 98 valence electrons. The first-order valence-corrected chi connectivity index (χ1v) is 6.90. The van der Waals surface area contributed by atoms with Gasteiger partial charge in [0.25, 0.3) is 0 Å². The van der Waals surface area contributed by atoms with Gasteiger partial charge in [-0.3, -0.25) is 0 Å². The molecule has 1 aromatic rings. The molecule has 1 atom stereocenters. The summed E-state index contributed by atoms with van der Waals surface area (Å²) in [5, 5.41) is 3.49. The SMILES string of the molecule is CCCNC(C1=CCCC1)c1cc(C)ccc1F. The van der Waals surface area contributed by atoms with E-state index in [1.807, 2.05) is 19.1 Å². The van der Waals surface area contributed by atoms with Crippen molar-refractivity contribution in [3.05, 3.63) is 46.8 Å². The number of hydrogen-bond acceptors (Lipinski definition) is 1. The van der Waals surface area contributed by atoms with E-state index in [0.717, 1.165) is 36.9 Å². The number of allylic oxidation sites excluding steroid dienone is 1. The van der Waals surface area contributed by atoms with Crippen molar-refractivity contribution in [2.75, 3.05) is 6.54 Å². The molecule has 0 bridgehead atoms. The van der Waals surface area contributed by atoms with Crippen LogP contribution in [0.5, 0.6) is 0 Å². The van der Waals surface area contributed by atoms with Crippen LogP contribution in [-0.4, -0.2) is 6.54 Å². The smallest absolute Gasteiger partial charge is 0.128 e. The minimum absolute atomic E-state index is 0.0624. The maximum Gasteiger partial charge on any atom is 0.128 e. The Balaban J connectivity index is 2.29. The summed E-state index contributed by atoms with van der Waals surface area (Å²) in [4.78, 5) is 0. The highest BCUT2D eigenvalue weighted by molar-refractivity contribution is 5.33. The van der Waals surface area contributed by atoms with Crippen molar-refractivity contribution in [1.29, 1.82) is 0 Å². The van der Waals surface area contributed by atoms with Crippen LogP contribution >= 0.6 is 0 Å². The Morgan fingerprint density at radius 2 is 2.22 bits per heavy atom. The molecule has 0 spiro atoms. The van der Waals surface area contributed by atoms with Gasteiger partial charge in [0, 0.05) is 5.56 Å². The predicted molar refractivity (Wildman–Crippen MR) is 74.1 cm³/mol. The minimum Gasteiger partial charge on any atom is -0.306 e. The fourth-order valence-electron chi connectivity index (χ4n) is 2.57. The van der Waals surface area contributed by atoms with Crippen molar-refractivity contribution < 1.29 is 4.39 Å². The lowest BCUT2D eigenvalue weighted by atomic mass is 9.96. The highest BCUT2D eigenvalue weighted by atomic mass is 19.1.